The molecule has 0 aliphatic heterocycles. The van der Waals surface area contributed by atoms with Gasteiger partial charge in [0.2, 0.25) is 0 Å². The van der Waals surface area contributed by atoms with Gasteiger partial charge in [-0.15, -0.1) is 0 Å². The zero-order valence-electron chi connectivity index (χ0n) is 11.4. The number of hydrogen-bond acceptors (Lipinski definition) is 4. The summed E-state index contributed by atoms with van der Waals surface area (Å²) in [6.07, 6.45) is 0.600. The number of rotatable bonds is 3. The number of nitrogens with zero attached hydrogens (tertiary/aromatic N) is 2. The van der Waals surface area contributed by atoms with Gasteiger partial charge in [-0.05, 0) is 30.7 Å². The van der Waals surface area contributed by atoms with Crippen LogP contribution in [0.4, 0.5) is 0 Å². The molecule has 0 bridgehead atoms. The highest BCUT2D eigenvalue weighted by molar-refractivity contribution is 9.10. The summed E-state index contributed by atoms with van der Waals surface area (Å²) in [7, 11) is 0. The molecule has 0 saturated heterocycles. The quantitative estimate of drug-likeness (QED) is 0.776. The maximum Gasteiger partial charge on any atom is 0.261 e. The second-order valence-electron chi connectivity index (χ2n) is 4.84. The highest BCUT2D eigenvalue weighted by atomic mass is 79.9. The summed E-state index contributed by atoms with van der Waals surface area (Å²) in [4.78, 5) is 4.34. The number of aromatic nitrogens is 2. The van der Waals surface area contributed by atoms with Crippen molar-refractivity contribution in [1.29, 1.82) is 0 Å². The van der Waals surface area contributed by atoms with Crippen molar-refractivity contribution in [3.05, 3.63) is 63.9 Å². The largest absolute Gasteiger partial charge is 0.507 e. The molecule has 21 heavy (non-hydrogen) atoms. The molecule has 5 heteroatoms. The first-order valence-electron chi connectivity index (χ1n) is 6.49. The summed E-state index contributed by atoms with van der Waals surface area (Å²) in [6, 6.07) is 13.3. The molecule has 0 unspecified atom stereocenters. The van der Waals surface area contributed by atoms with E-state index in [0.717, 1.165) is 10.0 Å². The summed E-state index contributed by atoms with van der Waals surface area (Å²) in [5.41, 5.74) is 2.85. The minimum Gasteiger partial charge on any atom is -0.507 e. The summed E-state index contributed by atoms with van der Waals surface area (Å²) >= 11 is 3.30. The van der Waals surface area contributed by atoms with Crippen LogP contribution in [0.2, 0.25) is 0 Å². The summed E-state index contributed by atoms with van der Waals surface area (Å²) < 4.78 is 6.03. The molecule has 106 valence electrons. The fraction of sp³-hybridized carbons (Fsp3) is 0.125. The van der Waals surface area contributed by atoms with Crippen LogP contribution >= 0.6 is 15.9 Å². The van der Waals surface area contributed by atoms with E-state index in [2.05, 4.69) is 32.1 Å². The molecule has 4 nitrogen and oxygen atoms in total. The zero-order valence-corrected chi connectivity index (χ0v) is 13.0. The van der Waals surface area contributed by atoms with E-state index >= 15 is 0 Å². The second-order valence-corrected chi connectivity index (χ2v) is 5.76. The number of halogens is 1. The maximum absolute atomic E-state index is 9.92. The lowest BCUT2D eigenvalue weighted by atomic mass is 10.1. The van der Waals surface area contributed by atoms with E-state index in [4.69, 9.17) is 4.52 Å². The average Bonchev–Trinajstić information content (AvgIpc) is 2.87. The van der Waals surface area contributed by atoms with Crippen LogP contribution in [0.5, 0.6) is 5.75 Å². The van der Waals surface area contributed by atoms with Gasteiger partial charge in [-0.1, -0.05) is 50.9 Å². The van der Waals surface area contributed by atoms with Gasteiger partial charge < -0.3 is 9.63 Å². The number of benzene rings is 2. The zero-order chi connectivity index (χ0) is 14.8. The normalized spacial score (nSPS) is 10.8. The molecule has 1 heterocycles. The van der Waals surface area contributed by atoms with Gasteiger partial charge in [-0.25, -0.2) is 0 Å². The maximum atomic E-state index is 9.92. The molecular weight excluding hydrogens is 332 g/mol. The number of phenolic OH excluding ortho intramolecular Hbond substituents is 1. The van der Waals surface area contributed by atoms with Crippen molar-refractivity contribution in [2.45, 2.75) is 13.3 Å². The van der Waals surface area contributed by atoms with Gasteiger partial charge in [-0.3, -0.25) is 0 Å². The fourth-order valence-corrected chi connectivity index (χ4v) is 2.47. The van der Waals surface area contributed by atoms with Gasteiger partial charge in [0.15, 0.2) is 5.82 Å². The summed E-state index contributed by atoms with van der Waals surface area (Å²) in [6.45, 7) is 2.05. The van der Waals surface area contributed by atoms with Gasteiger partial charge in [0.1, 0.15) is 5.75 Å². The van der Waals surface area contributed by atoms with Crippen LogP contribution in [0.1, 0.15) is 17.0 Å². The molecule has 1 aromatic heterocycles. The fourth-order valence-electron chi connectivity index (χ4n) is 2.13. The smallest absolute Gasteiger partial charge is 0.261 e. The van der Waals surface area contributed by atoms with Crippen molar-refractivity contribution in [1.82, 2.24) is 10.1 Å². The van der Waals surface area contributed by atoms with E-state index < -0.39 is 0 Å². The van der Waals surface area contributed by atoms with Crippen LogP contribution in [0.15, 0.2) is 51.5 Å². The highest BCUT2D eigenvalue weighted by Crippen LogP contribution is 2.30. The highest BCUT2D eigenvalue weighted by Gasteiger charge is 2.13. The van der Waals surface area contributed by atoms with E-state index in [1.54, 1.807) is 12.1 Å². The molecule has 0 amide bonds. The van der Waals surface area contributed by atoms with Crippen molar-refractivity contribution < 1.29 is 9.63 Å². The Morgan fingerprint density at radius 1 is 1.19 bits per heavy atom. The molecule has 0 fully saturated rings. The van der Waals surface area contributed by atoms with E-state index in [9.17, 15) is 5.11 Å². The first-order chi connectivity index (χ1) is 10.1. The third kappa shape index (κ3) is 3.13. The first kappa shape index (κ1) is 13.8. The van der Waals surface area contributed by atoms with Crippen LogP contribution < -0.4 is 0 Å². The topological polar surface area (TPSA) is 59.2 Å². The van der Waals surface area contributed by atoms with Gasteiger partial charge in [0.25, 0.3) is 5.89 Å². The first-order valence-corrected chi connectivity index (χ1v) is 7.28. The molecule has 0 saturated carbocycles. The predicted molar refractivity (Wildman–Crippen MR) is 83.1 cm³/mol. The van der Waals surface area contributed by atoms with Crippen molar-refractivity contribution in [3.63, 3.8) is 0 Å². The van der Waals surface area contributed by atoms with Crippen LogP contribution in [0.3, 0.4) is 0 Å². The van der Waals surface area contributed by atoms with Gasteiger partial charge >= 0.3 is 0 Å². The van der Waals surface area contributed by atoms with Gasteiger partial charge in [0.05, 0.1) is 5.56 Å². The Bertz CT molecular complexity index is 783. The van der Waals surface area contributed by atoms with Crippen LogP contribution in [0, 0.1) is 6.92 Å². The molecular formula is C16H13BrN2O2. The lowest BCUT2D eigenvalue weighted by molar-refractivity contribution is 0.418. The Hall–Kier alpha value is -2.14. The molecule has 3 aromatic rings. The Kier molecular flexibility index (Phi) is 3.75. The van der Waals surface area contributed by atoms with E-state index in [0.29, 0.717) is 23.7 Å². The minimum absolute atomic E-state index is 0.107. The summed E-state index contributed by atoms with van der Waals surface area (Å²) in [5.74, 6) is 1.02. The van der Waals surface area contributed by atoms with Gasteiger partial charge in [0, 0.05) is 10.9 Å². The van der Waals surface area contributed by atoms with Crippen LogP contribution in [-0.2, 0) is 6.42 Å². The number of phenols is 1. The monoisotopic (exact) mass is 344 g/mol. The number of aromatic hydroxyl groups is 1. The van der Waals surface area contributed by atoms with Gasteiger partial charge in [-0.2, -0.15) is 4.98 Å². The third-order valence-electron chi connectivity index (χ3n) is 3.10. The Morgan fingerprint density at radius 3 is 2.81 bits per heavy atom. The Balaban J connectivity index is 1.86. The molecule has 3 rings (SSSR count). The van der Waals surface area contributed by atoms with Crippen molar-refractivity contribution in [2.75, 3.05) is 0 Å². The lowest BCUT2D eigenvalue weighted by Crippen LogP contribution is -1.91. The van der Waals surface area contributed by atoms with Crippen molar-refractivity contribution in [2.24, 2.45) is 0 Å². The predicted octanol–water partition coefficient (Wildman–Crippen LogP) is 4.10. The number of hydrogen-bond donors (Lipinski definition) is 1. The molecule has 0 aliphatic carbocycles. The summed E-state index contributed by atoms with van der Waals surface area (Å²) in [5, 5.41) is 13.9. The molecule has 0 atom stereocenters. The third-order valence-corrected chi connectivity index (χ3v) is 3.60. The average molecular weight is 345 g/mol. The Labute approximate surface area is 130 Å². The van der Waals surface area contributed by atoms with Crippen molar-refractivity contribution in [3.8, 4) is 17.2 Å². The van der Waals surface area contributed by atoms with E-state index in [-0.39, 0.29) is 5.75 Å². The molecule has 2 aromatic carbocycles. The van der Waals surface area contributed by atoms with Crippen molar-refractivity contribution >= 4 is 15.9 Å². The van der Waals surface area contributed by atoms with Crippen LogP contribution in [0.25, 0.3) is 11.5 Å². The van der Waals surface area contributed by atoms with E-state index in [1.165, 1.54) is 5.56 Å². The lowest BCUT2D eigenvalue weighted by Gasteiger charge is -1.99. The molecule has 0 spiro atoms. The standard InChI is InChI=1S/C16H13BrN2O2/c1-10-3-2-4-11(7-10)8-15-18-16(21-19-15)13-6-5-12(17)9-14(13)20/h2-7,9,20H,8H2,1H3. The molecule has 0 aliphatic rings. The SMILES string of the molecule is Cc1cccc(Cc2noc(-c3ccc(Br)cc3O)n2)c1. The second kappa shape index (κ2) is 5.69. The van der Waals surface area contributed by atoms with E-state index in [1.807, 2.05) is 31.2 Å². The molecule has 0 radical (unpaired) electrons. The Morgan fingerprint density at radius 2 is 2.05 bits per heavy atom. The number of aryl methyl sites for hydroxylation is 1. The minimum atomic E-state index is 0.107. The molecule has 1 N–H and O–H groups in total. The van der Waals surface area contributed by atoms with Crippen LogP contribution in [-0.4, -0.2) is 15.2 Å².